The third-order valence-electron chi connectivity index (χ3n) is 3.21. The van der Waals surface area contributed by atoms with Crippen LogP contribution in [0.3, 0.4) is 0 Å². The Bertz CT molecular complexity index is 329. The number of nitrogens with zero attached hydrogens (tertiary/aromatic N) is 2. The summed E-state index contributed by atoms with van der Waals surface area (Å²) in [6, 6.07) is -0.154. The van der Waals surface area contributed by atoms with E-state index in [1.165, 1.54) is 0 Å². The molecule has 0 radical (unpaired) electrons. The Morgan fingerprint density at radius 1 is 1.10 bits per heavy atom. The van der Waals surface area contributed by atoms with Crippen molar-refractivity contribution in [2.45, 2.75) is 27.7 Å². The predicted octanol–water partition coefficient (Wildman–Crippen LogP) is 1.17. The highest BCUT2D eigenvalue weighted by atomic mass is 16.5. The quantitative estimate of drug-likeness (QED) is 0.801. The van der Waals surface area contributed by atoms with E-state index in [9.17, 15) is 9.59 Å². The fourth-order valence-corrected chi connectivity index (χ4v) is 2.31. The Hall–Kier alpha value is -1.30. The number of amides is 3. The molecule has 122 valence electrons. The maximum atomic E-state index is 12.2. The minimum absolute atomic E-state index is 0.0410. The first-order chi connectivity index (χ1) is 9.90. The monoisotopic (exact) mass is 299 g/mol. The van der Waals surface area contributed by atoms with Gasteiger partial charge in [-0.05, 0) is 11.8 Å². The molecule has 1 fully saturated rings. The maximum absolute atomic E-state index is 12.2. The van der Waals surface area contributed by atoms with E-state index in [4.69, 9.17) is 4.74 Å². The first-order valence-electron chi connectivity index (χ1n) is 7.78. The van der Waals surface area contributed by atoms with Gasteiger partial charge in [-0.2, -0.15) is 0 Å². The van der Waals surface area contributed by atoms with E-state index in [-0.39, 0.29) is 18.5 Å². The lowest BCUT2D eigenvalue weighted by Crippen LogP contribution is -2.49. The van der Waals surface area contributed by atoms with Gasteiger partial charge in [0, 0.05) is 26.2 Å². The first kappa shape index (κ1) is 17.8. The van der Waals surface area contributed by atoms with Crippen molar-refractivity contribution in [2.24, 2.45) is 11.8 Å². The van der Waals surface area contributed by atoms with E-state index in [1.807, 2.05) is 0 Å². The maximum Gasteiger partial charge on any atom is 0.317 e. The number of carbonyl (C=O) groups is 2. The lowest BCUT2D eigenvalue weighted by molar-refractivity contribution is -0.134. The van der Waals surface area contributed by atoms with Crippen molar-refractivity contribution in [3.8, 4) is 0 Å². The molecule has 0 atom stereocenters. The molecule has 0 aromatic rings. The van der Waals surface area contributed by atoms with E-state index in [1.54, 1.807) is 9.80 Å². The minimum atomic E-state index is -0.154. The van der Waals surface area contributed by atoms with Gasteiger partial charge in [-0.15, -0.1) is 0 Å². The Morgan fingerprint density at radius 3 is 2.10 bits per heavy atom. The lowest BCUT2D eigenvalue weighted by atomic mass is 10.1. The summed E-state index contributed by atoms with van der Waals surface area (Å²) in [5.74, 6) is 0.773. The number of nitrogens with one attached hydrogen (secondary N) is 1. The van der Waals surface area contributed by atoms with Crippen LogP contribution in [0, 0.1) is 11.8 Å². The predicted molar refractivity (Wildman–Crippen MR) is 82.0 cm³/mol. The standard InChI is InChI=1S/C15H29N3O3/c1-12(2)10-18(11-13(3)4)15(20)16-9-14(19)17-5-7-21-8-6-17/h12-13H,5-11H2,1-4H3,(H,16,20). The summed E-state index contributed by atoms with van der Waals surface area (Å²) >= 11 is 0. The van der Waals surface area contributed by atoms with Crippen LogP contribution in [0.5, 0.6) is 0 Å². The summed E-state index contributed by atoms with van der Waals surface area (Å²) in [4.78, 5) is 27.8. The van der Waals surface area contributed by atoms with Crippen molar-refractivity contribution >= 4 is 11.9 Å². The van der Waals surface area contributed by atoms with Gasteiger partial charge in [0.15, 0.2) is 0 Å². The van der Waals surface area contributed by atoms with Crippen molar-refractivity contribution in [1.29, 1.82) is 0 Å². The van der Waals surface area contributed by atoms with Gasteiger partial charge in [0.2, 0.25) is 5.91 Å². The van der Waals surface area contributed by atoms with Crippen LogP contribution in [0.25, 0.3) is 0 Å². The van der Waals surface area contributed by atoms with Gasteiger partial charge in [0.05, 0.1) is 19.8 Å². The van der Waals surface area contributed by atoms with Crippen molar-refractivity contribution in [2.75, 3.05) is 45.9 Å². The average Bonchev–Trinajstić information content (AvgIpc) is 2.43. The summed E-state index contributed by atoms with van der Waals surface area (Å²) in [5, 5.41) is 2.75. The van der Waals surface area contributed by atoms with E-state index < -0.39 is 0 Å². The Balaban J connectivity index is 2.42. The Kier molecular flexibility index (Phi) is 7.50. The molecule has 0 bridgehead atoms. The second-order valence-corrected chi connectivity index (χ2v) is 6.34. The molecule has 21 heavy (non-hydrogen) atoms. The molecule has 1 N–H and O–H groups in total. The smallest absolute Gasteiger partial charge is 0.317 e. The van der Waals surface area contributed by atoms with Crippen LogP contribution in [0.4, 0.5) is 4.79 Å². The van der Waals surface area contributed by atoms with Crippen molar-refractivity contribution in [3.63, 3.8) is 0 Å². The number of ether oxygens (including phenoxy) is 1. The summed E-state index contributed by atoms with van der Waals surface area (Å²) in [5.41, 5.74) is 0. The van der Waals surface area contributed by atoms with Crippen molar-refractivity contribution < 1.29 is 14.3 Å². The normalized spacial score (nSPS) is 15.4. The molecule has 1 rings (SSSR count). The molecule has 0 saturated carbocycles. The number of carbonyl (C=O) groups excluding carboxylic acids is 2. The molecule has 1 saturated heterocycles. The number of hydrogen-bond acceptors (Lipinski definition) is 3. The van der Waals surface area contributed by atoms with Gasteiger partial charge >= 0.3 is 6.03 Å². The summed E-state index contributed by atoms with van der Waals surface area (Å²) in [6.07, 6.45) is 0. The molecule has 0 aromatic carbocycles. The number of rotatable bonds is 6. The fourth-order valence-electron chi connectivity index (χ4n) is 2.31. The van der Waals surface area contributed by atoms with Crippen LogP contribution in [0.1, 0.15) is 27.7 Å². The van der Waals surface area contributed by atoms with E-state index >= 15 is 0 Å². The molecule has 6 heteroatoms. The minimum Gasteiger partial charge on any atom is -0.378 e. The molecule has 0 spiro atoms. The molecule has 3 amide bonds. The zero-order chi connectivity index (χ0) is 15.8. The van der Waals surface area contributed by atoms with E-state index in [2.05, 4.69) is 33.0 Å². The second kappa shape index (κ2) is 8.87. The van der Waals surface area contributed by atoms with Crippen LogP contribution in [0.2, 0.25) is 0 Å². The molecule has 1 aliphatic heterocycles. The molecular formula is C15H29N3O3. The van der Waals surface area contributed by atoms with Gasteiger partial charge in [-0.1, -0.05) is 27.7 Å². The van der Waals surface area contributed by atoms with Crippen LogP contribution in [-0.4, -0.2) is 67.7 Å². The number of hydrogen-bond donors (Lipinski definition) is 1. The molecule has 0 aromatic heterocycles. The summed E-state index contributed by atoms with van der Waals surface area (Å²) < 4.78 is 5.21. The molecule has 1 aliphatic rings. The molecule has 6 nitrogen and oxygen atoms in total. The summed E-state index contributed by atoms with van der Waals surface area (Å²) in [6.45, 7) is 12.2. The molecular weight excluding hydrogens is 270 g/mol. The topological polar surface area (TPSA) is 61.9 Å². The van der Waals surface area contributed by atoms with Crippen molar-refractivity contribution in [1.82, 2.24) is 15.1 Å². The largest absolute Gasteiger partial charge is 0.378 e. The van der Waals surface area contributed by atoms with Gasteiger partial charge in [0.25, 0.3) is 0 Å². The Labute approximate surface area is 127 Å². The van der Waals surface area contributed by atoms with Crippen LogP contribution >= 0.6 is 0 Å². The van der Waals surface area contributed by atoms with Gasteiger partial charge in [0.1, 0.15) is 0 Å². The highest BCUT2D eigenvalue weighted by Crippen LogP contribution is 2.04. The average molecular weight is 299 g/mol. The van der Waals surface area contributed by atoms with Crippen molar-refractivity contribution in [3.05, 3.63) is 0 Å². The van der Waals surface area contributed by atoms with Crippen LogP contribution < -0.4 is 5.32 Å². The highest BCUT2D eigenvalue weighted by molar-refractivity contribution is 5.84. The zero-order valence-corrected chi connectivity index (χ0v) is 13.7. The SMILES string of the molecule is CC(C)CN(CC(C)C)C(=O)NCC(=O)N1CCOCC1. The summed E-state index contributed by atoms with van der Waals surface area (Å²) in [7, 11) is 0. The van der Waals surface area contributed by atoms with Gasteiger partial charge in [-0.3, -0.25) is 4.79 Å². The highest BCUT2D eigenvalue weighted by Gasteiger charge is 2.20. The first-order valence-corrected chi connectivity index (χ1v) is 7.78. The zero-order valence-electron chi connectivity index (χ0n) is 13.7. The molecule has 0 aliphatic carbocycles. The third-order valence-corrected chi connectivity index (χ3v) is 3.21. The van der Waals surface area contributed by atoms with E-state index in [0.29, 0.717) is 51.2 Å². The number of urea groups is 1. The fraction of sp³-hybridized carbons (Fsp3) is 0.867. The second-order valence-electron chi connectivity index (χ2n) is 6.34. The molecule has 0 unspecified atom stereocenters. The lowest BCUT2D eigenvalue weighted by Gasteiger charge is -2.29. The van der Waals surface area contributed by atoms with E-state index in [0.717, 1.165) is 0 Å². The Morgan fingerprint density at radius 2 is 1.62 bits per heavy atom. The van der Waals surface area contributed by atoms with Crippen LogP contribution in [-0.2, 0) is 9.53 Å². The van der Waals surface area contributed by atoms with Crippen LogP contribution in [0.15, 0.2) is 0 Å². The third kappa shape index (κ3) is 6.80. The number of morpholine rings is 1. The van der Waals surface area contributed by atoms with Gasteiger partial charge < -0.3 is 19.9 Å². The van der Waals surface area contributed by atoms with Gasteiger partial charge in [-0.25, -0.2) is 4.79 Å². The molecule has 1 heterocycles.